The average molecular weight is 254 g/mol. The van der Waals surface area contributed by atoms with Gasteiger partial charge in [-0.15, -0.1) is 0 Å². The van der Waals surface area contributed by atoms with Crippen molar-refractivity contribution in [2.24, 2.45) is 0 Å². The van der Waals surface area contributed by atoms with Crippen LogP contribution in [-0.4, -0.2) is 7.05 Å². The van der Waals surface area contributed by atoms with E-state index in [0.29, 0.717) is 17.7 Å². The lowest BCUT2D eigenvalue weighted by atomic mass is 10.1. The Bertz CT molecular complexity index is 629. The smallest absolute Gasteiger partial charge is 0.123 e. The first kappa shape index (κ1) is 13.1. The molecular weight excluding hydrogens is 239 g/mol. The second kappa shape index (κ2) is 5.53. The summed E-state index contributed by atoms with van der Waals surface area (Å²) in [4.78, 5) is 2.00. The molecule has 2 rings (SSSR count). The number of rotatable bonds is 3. The second-order valence-electron chi connectivity index (χ2n) is 4.61. The molecule has 0 atom stereocenters. The van der Waals surface area contributed by atoms with E-state index < -0.39 is 0 Å². The molecule has 2 nitrogen and oxygen atoms in total. The summed E-state index contributed by atoms with van der Waals surface area (Å²) < 4.78 is 13.3. The van der Waals surface area contributed by atoms with Gasteiger partial charge in [-0.1, -0.05) is 12.1 Å². The minimum Gasteiger partial charge on any atom is -0.370 e. The Kier molecular flexibility index (Phi) is 3.82. The van der Waals surface area contributed by atoms with Crippen molar-refractivity contribution in [3.05, 3.63) is 65.0 Å². The van der Waals surface area contributed by atoms with E-state index in [-0.39, 0.29) is 5.82 Å². The number of anilines is 1. The predicted molar refractivity (Wildman–Crippen MR) is 74.4 cm³/mol. The molecule has 0 spiro atoms. The van der Waals surface area contributed by atoms with Gasteiger partial charge in [-0.3, -0.25) is 0 Å². The van der Waals surface area contributed by atoms with E-state index in [2.05, 4.69) is 12.1 Å². The van der Waals surface area contributed by atoms with Gasteiger partial charge in [-0.05, 0) is 48.4 Å². The minimum absolute atomic E-state index is 0.313. The van der Waals surface area contributed by atoms with Gasteiger partial charge in [0, 0.05) is 19.3 Å². The molecule has 2 aromatic carbocycles. The molecule has 0 saturated carbocycles. The van der Waals surface area contributed by atoms with Crippen LogP contribution in [0.4, 0.5) is 10.1 Å². The summed E-state index contributed by atoms with van der Waals surface area (Å²) in [7, 11) is 1.93. The molecule has 19 heavy (non-hydrogen) atoms. The third kappa shape index (κ3) is 3.11. The van der Waals surface area contributed by atoms with Gasteiger partial charge < -0.3 is 4.90 Å². The summed E-state index contributed by atoms with van der Waals surface area (Å²) >= 11 is 0. The number of hydrogen-bond donors (Lipinski definition) is 0. The van der Waals surface area contributed by atoms with Crippen molar-refractivity contribution in [3.8, 4) is 6.07 Å². The Hall–Kier alpha value is -2.34. The average Bonchev–Trinajstić information content (AvgIpc) is 2.39. The van der Waals surface area contributed by atoms with E-state index in [1.54, 1.807) is 0 Å². The molecule has 0 radical (unpaired) electrons. The van der Waals surface area contributed by atoms with Gasteiger partial charge in [0.25, 0.3) is 0 Å². The Labute approximate surface area is 112 Å². The molecule has 0 N–H and O–H groups in total. The summed E-state index contributed by atoms with van der Waals surface area (Å²) in [6.45, 7) is 2.53. The molecule has 2 aromatic rings. The van der Waals surface area contributed by atoms with Gasteiger partial charge in [0.15, 0.2) is 0 Å². The summed E-state index contributed by atoms with van der Waals surface area (Å²) in [5.74, 6) is -0.313. The van der Waals surface area contributed by atoms with E-state index in [0.717, 1.165) is 5.69 Å². The van der Waals surface area contributed by atoms with Crippen molar-refractivity contribution in [2.45, 2.75) is 13.5 Å². The van der Waals surface area contributed by atoms with Gasteiger partial charge in [0.05, 0.1) is 11.6 Å². The number of hydrogen-bond acceptors (Lipinski definition) is 2. The van der Waals surface area contributed by atoms with Crippen molar-refractivity contribution in [1.82, 2.24) is 0 Å². The third-order valence-electron chi connectivity index (χ3n) is 3.04. The van der Waals surface area contributed by atoms with Gasteiger partial charge in [-0.2, -0.15) is 5.26 Å². The molecule has 0 saturated heterocycles. The molecule has 0 amide bonds. The number of nitriles is 1. The zero-order valence-electron chi connectivity index (χ0n) is 11.0. The number of aryl methyl sites for hydroxylation is 1. The van der Waals surface area contributed by atoms with Crippen molar-refractivity contribution in [1.29, 1.82) is 5.26 Å². The molecule has 0 heterocycles. The fraction of sp³-hybridized carbons (Fsp3) is 0.188. The minimum atomic E-state index is -0.313. The molecule has 0 bridgehead atoms. The molecule has 0 fully saturated rings. The number of halogens is 1. The van der Waals surface area contributed by atoms with Crippen LogP contribution >= 0.6 is 0 Å². The van der Waals surface area contributed by atoms with Gasteiger partial charge in [-0.25, -0.2) is 4.39 Å². The Morgan fingerprint density at radius 3 is 2.68 bits per heavy atom. The van der Waals surface area contributed by atoms with Gasteiger partial charge >= 0.3 is 0 Å². The SMILES string of the molecule is Cc1cccc(N(C)Cc2cc(F)ccc2C#N)c1. The van der Waals surface area contributed by atoms with Crippen LogP contribution in [-0.2, 0) is 6.54 Å². The quantitative estimate of drug-likeness (QED) is 0.836. The highest BCUT2D eigenvalue weighted by atomic mass is 19.1. The summed E-state index contributed by atoms with van der Waals surface area (Å²) in [5.41, 5.74) is 3.43. The number of benzene rings is 2. The largest absolute Gasteiger partial charge is 0.370 e. The van der Waals surface area contributed by atoms with Crippen molar-refractivity contribution in [3.63, 3.8) is 0 Å². The van der Waals surface area contributed by atoms with E-state index in [9.17, 15) is 4.39 Å². The summed E-state index contributed by atoms with van der Waals surface area (Å²) in [6, 6.07) is 14.4. The lowest BCUT2D eigenvalue weighted by molar-refractivity contribution is 0.625. The monoisotopic (exact) mass is 254 g/mol. The first-order valence-corrected chi connectivity index (χ1v) is 6.06. The lowest BCUT2D eigenvalue weighted by Crippen LogP contribution is -2.17. The third-order valence-corrected chi connectivity index (χ3v) is 3.04. The second-order valence-corrected chi connectivity index (χ2v) is 4.61. The molecule has 0 aromatic heterocycles. The van der Waals surface area contributed by atoms with E-state index >= 15 is 0 Å². The van der Waals surface area contributed by atoms with Crippen molar-refractivity contribution in [2.75, 3.05) is 11.9 Å². The van der Waals surface area contributed by atoms with Crippen LogP contribution in [0.3, 0.4) is 0 Å². The van der Waals surface area contributed by atoms with Crippen LogP contribution in [0.1, 0.15) is 16.7 Å². The molecular formula is C16H15FN2. The predicted octanol–water partition coefficient (Wildman–Crippen LogP) is 3.64. The zero-order chi connectivity index (χ0) is 13.8. The first-order valence-electron chi connectivity index (χ1n) is 6.06. The standard InChI is InChI=1S/C16H15FN2/c1-12-4-3-5-16(8-12)19(2)11-14-9-15(17)7-6-13(14)10-18/h3-9H,11H2,1-2H3. The fourth-order valence-electron chi connectivity index (χ4n) is 2.01. The normalized spacial score (nSPS) is 10.0. The van der Waals surface area contributed by atoms with Crippen LogP contribution in [0, 0.1) is 24.1 Å². The van der Waals surface area contributed by atoms with Gasteiger partial charge in [0.1, 0.15) is 5.82 Å². The molecule has 0 unspecified atom stereocenters. The van der Waals surface area contributed by atoms with Crippen molar-refractivity contribution >= 4 is 5.69 Å². The molecule has 3 heteroatoms. The van der Waals surface area contributed by atoms with Crippen LogP contribution in [0.2, 0.25) is 0 Å². The highest BCUT2D eigenvalue weighted by Gasteiger charge is 2.08. The Morgan fingerprint density at radius 2 is 2.00 bits per heavy atom. The van der Waals surface area contributed by atoms with Crippen LogP contribution in [0.25, 0.3) is 0 Å². The molecule has 0 aliphatic carbocycles. The van der Waals surface area contributed by atoms with Crippen molar-refractivity contribution < 1.29 is 4.39 Å². The highest BCUT2D eigenvalue weighted by Crippen LogP contribution is 2.19. The maximum Gasteiger partial charge on any atom is 0.123 e. The summed E-state index contributed by atoms with van der Waals surface area (Å²) in [5, 5.41) is 9.05. The fourth-order valence-corrected chi connectivity index (χ4v) is 2.01. The van der Waals surface area contributed by atoms with E-state index in [1.807, 2.05) is 37.1 Å². The lowest BCUT2D eigenvalue weighted by Gasteiger charge is -2.20. The molecule has 0 aliphatic heterocycles. The number of nitrogens with zero attached hydrogens (tertiary/aromatic N) is 2. The van der Waals surface area contributed by atoms with E-state index in [4.69, 9.17) is 5.26 Å². The molecule has 96 valence electrons. The van der Waals surface area contributed by atoms with Crippen LogP contribution in [0.15, 0.2) is 42.5 Å². The maximum absolute atomic E-state index is 13.3. The molecule has 0 aliphatic rings. The maximum atomic E-state index is 13.3. The zero-order valence-corrected chi connectivity index (χ0v) is 11.0. The highest BCUT2D eigenvalue weighted by molar-refractivity contribution is 5.49. The Morgan fingerprint density at radius 1 is 1.21 bits per heavy atom. The topological polar surface area (TPSA) is 27.0 Å². The van der Waals surface area contributed by atoms with Crippen LogP contribution < -0.4 is 4.90 Å². The first-order chi connectivity index (χ1) is 9.10. The Balaban J connectivity index is 2.26. The summed E-state index contributed by atoms with van der Waals surface area (Å²) in [6.07, 6.45) is 0. The van der Waals surface area contributed by atoms with Crippen LogP contribution in [0.5, 0.6) is 0 Å². The van der Waals surface area contributed by atoms with E-state index in [1.165, 1.54) is 23.8 Å². The van der Waals surface area contributed by atoms with Gasteiger partial charge in [0.2, 0.25) is 0 Å².